The van der Waals surface area contributed by atoms with Crippen molar-refractivity contribution >= 4 is 11.7 Å². The van der Waals surface area contributed by atoms with Crippen molar-refractivity contribution in [1.29, 1.82) is 0 Å². The average Bonchev–Trinajstić information content (AvgIpc) is 2.35. The number of ether oxygens (including phenoxy) is 1. The lowest BCUT2D eigenvalue weighted by molar-refractivity contribution is 0.0728. The molecule has 1 aromatic carbocycles. The number of esters is 1. The van der Waals surface area contributed by atoms with Gasteiger partial charge in [-0.15, -0.1) is 0 Å². The zero-order valence-electron chi connectivity index (χ0n) is 9.25. The third kappa shape index (κ3) is 2.57. The molecule has 1 heterocycles. The molecule has 1 aromatic heterocycles. The van der Waals surface area contributed by atoms with Crippen LogP contribution in [0.25, 0.3) is 0 Å². The topological polar surface area (TPSA) is 78.1 Å². The van der Waals surface area contributed by atoms with Crippen LogP contribution < -0.4 is 10.5 Å². The Morgan fingerprint density at radius 2 is 2.18 bits per heavy atom. The van der Waals surface area contributed by atoms with Crippen molar-refractivity contribution in [3.05, 3.63) is 48.0 Å². The lowest BCUT2D eigenvalue weighted by Crippen LogP contribution is -2.10. The van der Waals surface area contributed by atoms with Crippen molar-refractivity contribution in [3.8, 4) is 5.75 Å². The summed E-state index contributed by atoms with van der Waals surface area (Å²) in [5.41, 5.74) is 7.44. The Bertz CT molecular complexity index is 541. The largest absolute Gasteiger partial charge is 0.422 e. The molecule has 0 fully saturated rings. The van der Waals surface area contributed by atoms with Crippen molar-refractivity contribution in [2.45, 2.75) is 6.92 Å². The maximum Gasteiger partial charge on any atom is 0.362 e. The number of nitrogens with zero attached hydrogens (tertiary/aromatic N) is 2. The second-order valence-electron chi connectivity index (χ2n) is 3.50. The van der Waals surface area contributed by atoms with Crippen LogP contribution in [0.4, 0.5) is 5.69 Å². The monoisotopic (exact) mass is 229 g/mol. The molecular weight excluding hydrogens is 218 g/mol. The SMILES string of the molecule is Cc1ccc(OC(=O)c2ccncn2)cc1N. The number of anilines is 1. The van der Waals surface area contributed by atoms with E-state index in [1.807, 2.05) is 6.92 Å². The fourth-order valence-electron chi connectivity index (χ4n) is 1.25. The highest BCUT2D eigenvalue weighted by molar-refractivity contribution is 5.88. The second-order valence-corrected chi connectivity index (χ2v) is 3.50. The van der Waals surface area contributed by atoms with E-state index in [9.17, 15) is 4.79 Å². The molecule has 0 saturated carbocycles. The number of nitrogens with two attached hydrogens (primary N) is 1. The molecule has 5 heteroatoms. The van der Waals surface area contributed by atoms with Crippen LogP contribution in [0.1, 0.15) is 16.1 Å². The molecule has 0 atom stereocenters. The minimum atomic E-state index is -0.532. The molecule has 2 rings (SSSR count). The fraction of sp³-hybridized carbons (Fsp3) is 0.0833. The van der Waals surface area contributed by atoms with Crippen LogP contribution in [-0.2, 0) is 0 Å². The predicted molar refractivity (Wildman–Crippen MR) is 62.6 cm³/mol. The van der Waals surface area contributed by atoms with E-state index in [2.05, 4.69) is 9.97 Å². The number of carbonyl (C=O) groups is 1. The highest BCUT2D eigenvalue weighted by Crippen LogP contribution is 2.19. The summed E-state index contributed by atoms with van der Waals surface area (Å²) in [4.78, 5) is 19.2. The summed E-state index contributed by atoms with van der Waals surface area (Å²) in [7, 11) is 0. The molecule has 0 amide bonds. The maximum absolute atomic E-state index is 11.7. The van der Waals surface area contributed by atoms with Gasteiger partial charge in [0.05, 0.1) is 0 Å². The first-order valence-corrected chi connectivity index (χ1v) is 5.01. The normalized spacial score (nSPS) is 9.94. The third-order valence-corrected chi connectivity index (χ3v) is 2.25. The molecule has 0 aliphatic heterocycles. The molecule has 0 radical (unpaired) electrons. The van der Waals surface area contributed by atoms with Gasteiger partial charge in [0.2, 0.25) is 0 Å². The summed E-state index contributed by atoms with van der Waals surface area (Å²) in [5, 5.41) is 0. The molecule has 0 aliphatic rings. The van der Waals surface area contributed by atoms with E-state index in [1.165, 1.54) is 18.6 Å². The minimum absolute atomic E-state index is 0.208. The minimum Gasteiger partial charge on any atom is -0.422 e. The van der Waals surface area contributed by atoms with E-state index in [-0.39, 0.29) is 5.69 Å². The van der Waals surface area contributed by atoms with Crippen LogP contribution in [-0.4, -0.2) is 15.9 Å². The lowest BCUT2D eigenvalue weighted by atomic mass is 10.2. The smallest absolute Gasteiger partial charge is 0.362 e. The van der Waals surface area contributed by atoms with Gasteiger partial charge in [-0.25, -0.2) is 14.8 Å². The van der Waals surface area contributed by atoms with Gasteiger partial charge in [0.1, 0.15) is 12.1 Å². The highest BCUT2D eigenvalue weighted by atomic mass is 16.5. The standard InChI is InChI=1S/C12H11N3O2/c1-8-2-3-9(6-10(8)13)17-12(16)11-4-5-14-7-15-11/h2-7H,13H2,1H3. The van der Waals surface area contributed by atoms with E-state index < -0.39 is 5.97 Å². The van der Waals surface area contributed by atoms with Crippen molar-refractivity contribution < 1.29 is 9.53 Å². The number of benzene rings is 1. The predicted octanol–water partition coefficient (Wildman–Crippen LogP) is 1.59. The third-order valence-electron chi connectivity index (χ3n) is 2.25. The molecule has 17 heavy (non-hydrogen) atoms. The molecule has 2 N–H and O–H groups in total. The first-order chi connectivity index (χ1) is 8.16. The lowest BCUT2D eigenvalue weighted by Gasteiger charge is -2.05. The number of nitrogen functional groups attached to an aromatic ring is 1. The van der Waals surface area contributed by atoms with Crippen molar-refractivity contribution in [2.75, 3.05) is 5.73 Å². The number of hydrogen-bond acceptors (Lipinski definition) is 5. The Hall–Kier alpha value is -2.43. The molecule has 0 bridgehead atoms. The zero-order chi connectivity index (χ0) is 12.3. The Labute approximate surface area is 98.3 Å². The summed E-state index contributed by atoms with van der Waals surface area (Å²) in [6, 6.07) is 6.57. The summed E-state index contributed by atoms with van der Waals surface area (Å²) >= 11 is 0. The van der Waals surface area contributed by atoms with Crippen LogP contribution in [0.5, 0.6) is 5.75 Å². The fourth-order valence-corrected chi connectivity index (χ4v) is 1.25. The molecule has 2 aromatic rings. The average molecular weight is 229 g/mol. The van der Waals surface area contributed by atoms with Crippen molar-refractivity contribution in [2.24, 2.45) is 0 Å². The molecule has 0 unspecified atom stereocenters. The Morgan fingerprint density at radius 1 is 1.35 bits per heavy atom. The van der Waals surface area contributed by atoms with Gasteiger partial charge < -0.3 is 10.5 Å². The molecular formula is C12H11N3O2. The van der Waals surface area contributed by atoms with Crippen LogP contribution in [0, 0.1) is 6.92 Å². The van der Waals surface area contributed by atoms with Gasteiger partial charge in [-0.3, -0.25) is 0 Å². The molecule has 5 nitrogen and oxygen atoms in total. The van der Waals surface area contributed by atoms with Gasteiger partial charge in [-0.05, 0) is 24.6 Å². The van der Waals surface area contributed by atoms with E-state index >= 15 is 0 Å². The van der Waals surface area contributed by atoms with Crippen LogP contribution in [0.2, 0.25) is 0 Å². The van der Waals surface area contributed by atoms with Crippen molar-refractivity contribution in [3.63, 3.8) is 0 Å². The molecule has 0 spiro atoms. The van der Waals surface area contributed by atoms with E-state index in [1.54, 1.807) is 18.2 Å². The number of aromatic nitrogens is 2. The van der Waals surface area contributed by atoms with Gasteiger partial charge in [-0.1, -0.05) is 6.07 Å². The van der Waals surface area contributed by atoms with Gasteiger partial charge in [-0.2, -0.15) is 0 Å². The quantitative estimate of drug-likeness (QED) is 0.480. The zero-order valence-corrected chi connectivity index (χ0v) is 9.25. The number of carbonyl (C=O) groups excluding carboxylic acids is 1. The number of rotatable bonds is 2. The van der Waals surface area contributed by atoms with Crippen LogP contribution in [0.15, 0.2) is 36.8 Å². The second kappa shape index (κ2) is 4.61. The molecule has 0 aliphatic carbocycles. The first kappa shape index (κ1) is 11.1. The molecule has 86 valence electrons. The van der Waals surface area contributed by atoms with E-state index in [4.69, 9.17) is 10.5 Å². The van der Waals surface area contributed by atoms with E-state index in [0.717, 1.165) is 5.56 Å². The highest BCUT2D eigenvalue weighted by Gasteiger charge is 2.09. The van der Waals surface area contributed by atoms with Gasteiger partial charge in [0.25, 0.3) is 0 Å². The van der Waals surface area contributed by atoms with Crippen LogP contribution >= 0.6 is 0 Å². The van der Waals surface area contributed by atoms with E-state index in [0.29, 0.717) is 11.4 Å². The Balaban J connectivity index is 2.16. The first-order valence-electron chi connectivity index (χ1n) is 5.01. The summed E-state index contributed by atoms with van der Waals surface area (Å²) in [6.45, 7) is 1.88. The number of hydrogen-bond donors (Lipinski definition) is 1. The maximum atomic E-state index is 11.7. The summed E-state index contributed by atoms with van der Waals surface area (Å²) < 4.78 is 5.13. The Morgan fingerprint density at radius 3 is 2.82 bits per heavy atom. The van der Waals surface area contributed by atoms with Gasteiger partial charge >= 0.3 is 5.97 Å². The van der Waals surface area contributed by atoms with Crippen molar-refractivity contribution in [1.82, 2.24) is 9.97 Å². The van der Waals surface area contributed by atoms with Crippen LogP contribution in [0.3, 0.4) is 0 Å². The number of aryl methyl sites for hydroxylation is 1. The Kier molecular flexibility index (Phi) is 3.00. The summed E-state index contributed by atoms with van der Waals surface area (Å²) in [6.07, 6.45) is 2.77. The van der Waals surface area contributed by atoms with Gasteiger partial charge in [0.15, 0.2) is 5.69 Å². The summed E-state index contributed by atoms with van der Waals surface area (Å²) in [5.74, 6) is -0.132. The molecule has 0 saturated heterocycles. The van der Waals surface area contributed by atoms with Gasteiger partial charge in [0, 0.05) is 18.0 Å².